The third-order valence-electron chi connectivity index (χ3n) is 4.00. The van der Waals surface area contributed by atoms with Gasteiger partial charge in [0.1, 0.15) is 17.2 Å². The maximum Gasteiger partial charge on any atom is 0.407 e. The fourth-order valence-electron chi connectivity index (χ4n) is 2.63. The van der Waals surface area contributed by atoms with Crippen molar-refractivity contribution in [1.82, 2.24) is 4.90 Å². The molecule has 0 spiro atoms. The topological polar surface area (TPSA) is 76.1 Å². The molecule has 6 nitrogen and oxygen atoms in total. The summed E-state index contributed by atoms with van der Waals surface area (Å²) in [7, 11) is 0. The standard InChI is InChI=1S/C18H23ClFNO5/c1-18(2,3)26-16(22)12-8-13(19)15(9-14(12)20)25-10-11-4-6-21(7-5-11)17(23)24/h8-9,11H,4-7,10H2,1-3H3,(H,23,24). The van der Waals surface area contributed by atoms with Gasteiger partial charge in [0, 0.05) is 19.2 Å². The van der Waals surface area contributed by atoms with E-state index in [0.29, 0.717) is 32.5 Å². The van der Waals surface area contributed by atoms with Crippen LogP contribution in [0.5, 0.6) is 5.75 Å². The summed E-state index contributed by atoms with van der Waals surface area (Å²) in [5.74, 6) is -1.24. The summed E-state index contributed by atoms with van der Waals surface area (Å²) in [4.78, 5) is 24.3. The lowest BCUT2D eigenvalue weighted by Gasteiger charge is -2.29. The van der Waals surface area contributed by atoms with Crippen LogP contribution in [-0.2, 0) is 4.74 Å². The molecule has 1 fully saturated rings. The molecule has 1 aromatic carbocycles. The molecule has 0 aliphatic carbocycles. The zero-order chi connectivity index (χ0) is 19.5. The Morgan fingerprint density at radius 1 is 1.31 bits per heavy atom. The second-order valence-electron chi connectivity index (χ2n) is 7.29. The number of nitrogens with zero attached hydrogens (tertiary/aromatic N) is 1. The minimum atomic E-state index is -0.924. The smallest absolute Gasteiger partial charge is 0.407 e. The van der Waals surface area contributed by atoms with Gasteiger partial charge in [-0.2, -0.15) is 0 Å². The summed E-state index contributed by atoms with van der Waals surface area (Å²) in [6.07, 6.45) is 0.414. The van der Waals surface area contributed by atoms with E-state index in [1.54, 1.807) is 20.8 Å². The number of carboxylic acid groups (broad SMARTS) is 1. The van der Waals surface area contributed by atoms with Gasteiger partial charge >= 0.3 is 12.1 Å². The number of halogens is 2. The van der Waals surface area contributed by atoms with E-state index in [2.05, 4.69) is 0 Å². The normalized spacial score (nSPS) is 15.7. The molecule has 0 unspecified atom stereocenters. The Labute approximate surface area is 156 Å². The van der Waals surface area contributed by atoms with E-state index in [1.165, 1.54) is 11.0 Å². The third kappa shape index (κ3) is 5.49. The van der Waals surface area contributed by atoms with E-state index in [1.807, 2.05) is 0 Å². The molecule has 1 saturated heterocycles. The van der Waals surface area contributed by atoms with Crippen LogP contribution in [0.15, 0.2) is 12.1 Å². The maximum absolute atomic E-state index is 14.2. The first kappa shape index (κ1) is 20.3. The fourth-order valence-corrected chi connectivity index (χ4v) is 2.85. The molecule has 26 heavy (non-hydrogen) atoms. The van der Waals surface area contributed by atoms with E-state index in [-0.39, 0.29) is 22.3 Å². The SMILES string of the molecule is CC(C)(C)OC(=O)c1cc(Cl)c(OCC2CCN(C(=O)O)CC2)cc1F. The number of benzene rings is 1. The number of piperidine rings is 1. The number of ether oxygens (including phenoxy) is 2. The molecule has 1 heterocycles. The number of esters is 1. The predicted octanol–water partition coefficient (Wildman–Crippen LogP) is 4.20. The second kappa shape index (κ2) is 8.12. The third-order valence-corrected chi connectivity index (χ3v) is 4.30. The first-order chi connectivity index (χ1) is 12.1. The quantitative estimate of drug-likeness (QED) is 0.783. The molecule has 1 amide bonds. The zero-order valence-electron chi connectivity index (χ0n) is 15.1. The number of carbonyl (C=O) groups is 2. The van der Waals surface area contributed by atoms with Crippen molar-refractivity contribution in [3.05, 3.63) is 28.5 Å². The number of hydrogen-bond acceptors (Lipinski definition) is 4. The fraction of sp³-hybridized carbons (Fsp3) is 0.556. The Kier molecular flexibility index (Phi) is 6.34. The Hall–Kier alpha value is -2.02. The van der Waals surface area contributed by atoms with Crippen molar-refractivity contribution < 1.29 is 28.6 Å². The lowest BCUT2D eigenvalue weighted by atomic mass is 9.98. The van der Waals surface area contributed by atoms with Crippen LogP contribution in [-0.4, -0.2) is 47.4 Å². The molecule has 0 bridgehead atoms. The van der Waals surface area contributed by atoms with Crippen LogP contribution in [0.1, 0.15) is 44.0 Å². The van der Waals surface area contributed by atoms with Crippen LogP contribution < -0.4 is 4.74 Å². The van der Waals surface area contributed by atoms with Gasteiger partial charge in [0.05, 0.1) is 17.2 Å². The van der Waals surface area contributed by atoms with Crippen LogP contribution in [0.2, 0.25) is 5.02 Å². The summed E-state index contributed by atoms with van der Waals surface area (Å²) in [5, 5.41) is 9.06. The molecule has 2 rings (SSSR count). The van der Waals surface area contributed by atoms with Crippen molar-refractivity contribution >= 4 is 23.7 Å². The molecule has 1 N–H and O–H groups in total. The highest BCUT2D eigenvalue weighted by atomic mass is 35.5. The highest BCUT2D eigenvalue weighted by Gasteiger charge is 2.25. The summed E-state index contributed by atoms with van der Waals surface area (Å²) in [6.45, 7) is 6.27. The molecule has 1 aliphatic heterocycles. The molecule has 1 aromatic rings. The minimum Gasteiger partial charge on any atom is -0.492 e. The monoisotopic (exact) mass is 387 g/mol. The molecule has 8 heteroatoms. The minimum absolute atomic E-state index is 0.121. The van der Waals surface area contributed by atoms with Gasteiger partial charge in [-0.25, -0.2) is 14.0 Å². The highest BCUT2D eigenvalue weighted by Crippen LogP contribution is 2.30. The van der Waals surface area contributed by atoms with E-state index >= 15 is 0 Å². The summed E-state index contributed by atoms with van der Waals surface area (Å²) in [6, 6.07) is 2.28. The van der Waals surface area contributed by atoms with Crippen molar-refractivity contribution in [3.63, 3.8) is 0 Å². The molecular weight excluding hydrogens is 365 g/mol. The van der Waals surface area contributed by atoms with E-state index in [4.69, 9.17) is 26.2 Å². The molecule has 144 valence electrons. The van der Waals surface area contributed by atoms with Gasteiger partial charge in [0.25, 0.3) is 0 Å². The maximum atomic E-state index is 14.2. The van der Waals surface area contributed by atoms with Crippen LogP contribution >= 0.6 is 11.6 Å². The van der Waals surface area contributed by atoms with E-state index in [9.17, 15) is 14.0 Å². The Morgan fingerprint density at radius 3 is 2.46 bits per heavy atom. The largest absolute Gasteiger partial charge is 0.492 e. The van der Waals surface area contributed by atoms with Gasteiger partial charge in [-0.15, -0.1) is 0 Å². The van der Waals surface area contributed by atoms with Crippen LogP contribution in [0.4, 0.5) is 9.18 Å². The Balaban J connectivity index is 1.98. The second-order valence-corrected chi connectivity index (χ2v) is 7.70. The van der Waals surface area contributed by atoms with Gasteiger partial charge in [-0.1, -0.05) is 11.6 Å². The molecular formula is C18H23ClFNO5. The Morgan fingerprint density at radius 2 is 1.92 bits per heavy atom. The van der Waals surface area contributed by atoms with Crippen molar-refractivity contribution in [2.24, 2.45) is 5.92 Å². The number of hydrogen-bond donors (Lipinski definition) is 1. The predicted molar refractivity (Wildman–Crippen MR) is 94.4 cm³/mol. The highest BCUT2D eigenvalue weighted by molar-refractivity contribution is 6.32. The summed E-state index contributed by atoms with van der Waals surface area (Å²) in [5.41, 5.74) is -0.984. The van der Waals surface area contributed by atoms with Crippen LogP contribution in [0.25, 0.3) is 0 Å². The van der Waals surface area contributed by atoms with Gasteiger partial charge in [-0.3, -0.25) is 0 Å². The van der Waals surface area contributed by atoms with Crippen molar-refractivity contribution in [2.45, 2.75) is 39.2 Å². The molecule has 0 saturated carbocycles. The van der Waals surface area contributed by atoms with Crippen LogP contribution in [0.3, 0.4) is 0 Å². The first-order valence-corrected chi connectivity index (χ1v) is 8.77. The number of carbonyl (C=O) groups excluding carboxylic acids is 1. The zero-order valence-corrected chi connectivity index (χ0v) is 15.8. The lowest BCUT2D eigenvalue weighted by molar-refractivity contribution is 0.00645. The van der Waals surface area contributed by atoms with Crippen molar-refractivity contribution in [1.29, 1.82) is 0 Å². The van der Waals surface area contributed by atoms with Crippen LogP contribution in [0, 0.1) is 11.7 Å². The molecule has 0 aromatic heterocycles. The van der Waals surface area contributed by atoms with Gasteiger partial charge < -0.3 is 19.5 Å². The van der Waals surface area contributed by atoms with E-state index < -0.39 is 23.5 Å². The molecule has 1 aliphatic rings. The summed E-state index contributed by atoms with van der Waals surface area (Å²) >= 11 is 6.11. The first-order valence-electron chi connectivity index (χ1n) is 8.40. The average Bonchev–Trinajstić information content (AvgIpc) is 2.54. The lowest BCUT2D eigenvalue weighted by Crippen LogP contribution is -2.38. The number of rotatable bonds is 4. The van der Waals surface area contributed by atoms with Gasteiger partial charge in [-0.05, 0) is 45.6 Å². The van der Waals surface area contributed by atoms with E-state index in [0.717, 1.165) is 6.07 Å². The average molecular weight is 388 g/mol. The number of amides is 1. The summed E-state index contributed by atoms with van der Waals surface area (Å²) < 4.78 is 25.0. The molecule has 0 atom stereocenters. The molecule has 0 radical (unpaired) electrons. The van der Waals surface area contributed by atoms with Crippen molar-refractivity contribution in [3.8, 4) is 5.75 Å². The van der Waals surface area contributed by atoms with Crippen molar-refractivity contribution in [2.75, 3.05) is 19.7 Å². The number of likely N-dealkylation sites (tertiary alicyclic amines) is 1. The van der Waals surface area contributed by atoms with Gasteiger partial charge in [0.2, 0.25) is 0 Å². The van der Waals surface area contributed by atoms with Gasteiger partial charge in [0.15, 0.2) is 0 Å². The Bertz CT molecular complexity index is 681.